The zero-order valence-corrected chi connectivity index (χ0v) is 14.7. The van der Waals surface area contributed by atoms with Crippen molar-refractivity contribution < 1.29 is 9.53 Å². The Kier molecular flexibility index (Phi) is 6.01. The summed E-state index contributed by atoms with van der Waals surface area (Å²) < 4.78 is 5.44. The van der Waals surface area contributed by atoms with Crippen LogP contribution in [0.3, 0.4) is 0 Å². The van der Waals surface area contributed by atoms with Crippen LogP contribution in [0.25, 0.3) is 0 Å². The molecule has 3 rings (SSSR count). The van der Waals surface area contributed by atoms with Gasteiger partial charge in [-0.25, -0.2) is 0 Å². The molecule has 1 amide bonds. The number of amides is 1. The van der Waals surface area contributed by atoms with Gasteiger partial charge in [0.25, 0.3) is 0 Å². The van der Waals surface area contributed by atoms with Crippen molar-refractivity contribution >= 4 is 5.91 Å². The Labute approximate surface area is 149 Å². The topological polar surface area (TPSA) is 45.7 Å². The molecule has 1 aliphatic heterocycles. The van der Waals surface area contributed by atoms with Crippen LogP contribution in [0.1, 0.15) is 18.1 Å². The highest BCUT2D eigenvalue weighted by atomic mass is 16.5. The highest BCUT2D eigenvalue weighted by molar-refractivity contribution is 5.79. The molecule has 0 saturated carbocycles. The van der Waals surface area contributed by atoms with E-state index in [-0.39, 0.29) is 5.91 Å². The Morgan fingerprint density at radius 3 is 2.48 bits per heavy atom. The number of aromatic nitrogens is 1. The highest BCUT2D eigenvalue weighted by Crippen LogP contribution is 2.14. The second-order valence-electron chi connectivity index (χ2n) is 6.27. The lowest BCUT2D eigenvalue weighted by molar-refractivity contribution is -0.132. The van der Waals surface area contributed by atoms with Gasteiger partial charge in [-0.2, -0.15) is 0 Å². The fraction of sp³-hybridized carbons (Fsp3) is 0.400. The van der Waals surface area contributed by atoms with E-state index in [1.807, 2.05) is 48.4 Å². The number of carbonyl (C=O) groups is 1. The molecule has 0 bridgehead atoms. The third-order valence-corrected chi connectivity index (χ3v) is 4.44. The van der Waals surface area contributed by atoms with Gasteiger partial charge in [0.05, 0.1) is 13.0 Å². The molecule has 0 radical (unpaired) electrons. The molecule has 1 saturated heterocycles. The smallest absolute Gasteiger partial charge is 0.227 e. The standard InChI is InChI=1S/C20H25N3O2/c1-2-25-19-7-5-17(6-8-19)14-20(24)23-12-10-22(11-13-23)16-18-4-3-9-21-15-18/h3-9,15H,2,10-14,16H2,1H3. The summed E-state index contributed by atoms with van der Waals surface area (Å²) in [5, 5.41) is 0. The lowest BCUT2D eigenvalue weighted by atomic mass is 10.1. The Morgan fingerprint density at radius 2 is 1.84 bits per heavy atom. The van der Waals surface area contributed by atoms with Crippen LogP contribution in [0.2, 0.25) is 0 Å². The van der Waals surface area contributed by atoms with E-state index in [1.165, 1.54) is 5.56 Å². The summed E-state index contributed by atoms with van der Waals surface area (Å²) in [6, 6.07) is 11.9. The van der Waals surface area contributed by atoms with Crippen LogP contribution in [0.4, 0.5) is 0 Å². The van der Waals surface area contributed by atoms with Gasteiger partial charge in [-0.1, -0.05) is 18.2 Å². The van der Waals surface area contributed by atoms with Crippen LogP contribution in [0, 0.1) is 0 Å². The van der Waals surface area contributed by atoms with Crippen molar-refractivity contribution in [3.8, 4) is 5.75 Å². The van der Waals surface area contributed by atoms with Crippen molar-refractivity contribution in [2.75, 3.05) is 32.8 Å². The predicted molar refractivity (Wildman–Crippen MR) is 97.4 cm³/mol. The van der Waals surface area contributed by atoms with E-state index in [2.05, 4.69) is 16.0 Å². The summed E-state index contributed by atoms with van der Waals surface area (Å²) in [7, 11) is 0. The first kappa shape index (κ1) is 17.4. The van der Waals surface area contributed by atoms with E-state index in [1.54, 1.807) is 6.20 Å². The number of ether oxygens (including phenoxy) is 1. The number of pyridine rings is 1. The number of hydrogen-bond acceptors (Lipinski definition) is 4. The zero-order valence-electron chi connectivity index (χ0n) is 14.7. The molecular formula is C20H25N3O2. The molecule has 1 fully saturated rings. The molecule has 132 valence electrons. The maximum Gasteiger partial charge on any atom is 0.227 e. The van der Waals surface area contributed by atoms with Gasteiger partial charge in [-0.15, -0.1) is 0 Å². The molecule has 2 heterocycles. The second kappa shape index (κ2) is 8.62. The van der Waals surface area contributed by atoms with Crippen molar-refractivity contribution in [2.45, 2.75) is 19.9 Å². The quantitative estimate of drug-likeness (QED) is 0.811. The minimum Gasteiger partial charge on any atom is -0.494 e. The molecule has 1 aromatic heterocycles. The first-order valence-electron chi connectivity index (χ1n) is 8.85. The summed E-state index contributed by atoms with van der Waals surface area (Å²) >= 11 is 0. The average Bonchev–Trinajstić information content (AvgIpc) is 2.65. The van der Waals surface area contributed by atoms with Gasteiger partial charge >= 0.3 is 0 Å². The van der Waals surface area contributed by atoms with Gasteiger partial charge in [-0.3, -0.25) is 14.7 Å². The highest BCUT2D eigenvalue weighted by Gasteiger charge is 2.21. The minimum absolute atomic E-state index is 0.199. The summed E-state index contributed by atoms with van der Waals surface area (Å²) in [6.45, 7) is 6.90. The maximum absolute atomic E-state index is 12.5. The molecular weight excluding hydrogens is 314 g/mol. The van der Waals surface area contributed by atoms with Crippen molar-refractivity contribution in [1.82, 2.24) is 14.8 Å². The van der Waals surface area contributed by atoms with Crippen molar-refractivity contribution in [3.05, 3.63) is 59.9 Å². The van der Waals surface area contributed by atoms with Gasteiger partial charge in [0.2, 0.25) is 5.91 Å². The number of hydrogen-bond donors (Lipinski definition) is 0. The predicted octanol–water partition coefficient (Wildman–Crippen LogP) is 2.37. The molecule has 0 spiro atoms. The summed E-state index contributed by atoms with van der Waals surface area (Å²) in [6.07, 6.45) is 4.15. The Hall–Kier alpha value is -2.40. The molecule has 0 unspecified atom stereocenters. The SMILES string of the molecule is CCOc1ccc(CC(=O)N2CCN(Cc3cccnc3)CC2)cc1. The monoisotopic (exact) mass is 339 g/mol. The van der Waals surface area contributed by atoms with Crippen molar-refractivity contribution in [2.24, 2.45) is 0 Å². The van der Waals surface area contributed by atoms with Gasteiger partial charge in [0.1, 0.15) is 5.75 Å². The van der Waals surface area contributed by atoms with Gasteiger partial charge < -0.3 is 9.64 Å². The number of nitrogens with zero attached hydrogens (tertiary/aromatic N) is 3. The van der Waals surface area contributed by atoms with Crippen LogP contribution >= 0.6 is 0 Å². The summed E-state index contributed by atoms with van der Waals surface area (Å²) in [5.74, 6) is 1.05. The first-order chi connectivity index (χ1) is 12.2. The number of benzene rings is 1. The van der Waals surface area contributed by atoms with E-state index in [9.17, 15) is 4.79 Å². The van der Waals surface area contributed by atoms with Crippen LogP contribution < -0.4 is 4.74 Å². The molecule has 0 N–H and O–H groups in total. The lowest BCUT2D eigenvalue weighted by Gasteiger charge is -2.34. The summed E-state index contributed by atoms with van der Waals surface area (Å²) in [4.78, 5) is 21.0. The van der Waals surface area contributed by atoms with Crippen molar-refractivity contribution in [1.29, 1.82) is 0 Å². The third kappa shape index (κ3) is 5.03. The number of rotatable bonds is 6. The fourth-order valence-corrected chi connectivity index (χ4v) is 3.06. The van der Waals surface area contributed by atoms with E-state index in [0.717, 1.165) is 44.0 Å². The molecule has 2 aromatic rings. The molecule has 0 atom stereocenters. The van der Waals surface area contributed by atoms with Crippen molar-refractivity contribution in [3.63, 3.8) is 0 Å². The molecule has 0 aliphatic carbocycles. The Bertz CT molecular complexity index is 665. The lowest BCUT2D eigenvalue weighted by Crippen LogP contribution is -2.48. The van der Waals surface area contributed by atoms with Crippen LogP contribution in [-0.2, 0) is 17.8 Å². The first-order valence-corrected chi connectivity index (χ1v) is 8.85. The fourth-order valence-electron chi connectivity index (χ4n) is 3.06. The second-order valence-corrected chi connectivity index (χ2v) is 6.27. The maximum atomic E-state index is 12.5. The number of piperazine rings is 1. The number of carbonyl (C=O) groups excluding carboxylic acids is 1. The van der Waals surface area contributed by atoms with Gasteiger partial charge in [0.15, 0.2) is 0 Å². The molecule has 25 heavy (non-hydrogen) atoms. The minimum atomic E-state index is 0.199. The van der Waals surface area contributed by atoms with Crippen LogP contribution in [0.5, 0.6) is 5.75 Å². The normalized spacial score (nSPS) is 15.2. The largest absolute Gasteiger partial charge is 0.494 e. The molecule has 1 aliphatic rings. The summed E-state index contributed by atoms with van der Waals surface area (Å²) in [5.41, 5.74) is 2.25. The molecule has 1 aromatic carbocycles. The Balaban J connectivity index is 1.46. The zero-order chi connectivity index (χ0) is 17.5. The van der Waals surface area contributed by atoms with E-state index in [0.29, 0.717) is 13.0 Å². The van der Waals surface area contributed by atoms with Gasteiger partial charge in [-0.05, 0) is 36.2 Å². The Morgan fingerprint density at radius 1 is 1.08 bits per heavy atom. The van der Waals surface area contributed by atoms with Crippen LogP contribution in [-0.4, -0.2) is 53.5 Å². The van der Waals surface area contributed by atoms with Gasteiger partial charge in [0, 0.05) is 45.1 Å². The van der Waals surface area contributed by atoms with Crippen LogP contribution in [0.15, 0.2) is 48.8 Å². The van der Waals surface area contributed by atoms with E-state index >= 15 is 0 Å². The van der Waals surface area contributed by atoms with E-state index in [4.69, 9.17) is 4.74 Å². The average molecular weight is 339 g/mol. The molecule has 5 heteroatoms. The van der Waals surface area contributed by atoms with E-state index < -0.39 is 0 Å². The third-order valence-electron chi connectivity index (χ3n) is 4.44. The molecule has 5 nitrogen and oxygen atoms in total.